The molecular formula is C9H8ClN3O2. The molecule has 0 aliphatic rings. The highest BCUT2D eigenvalue weighted by molar-refractivity contribution is 6.30. The van der Waals surface area contributed by atoms with Crippen LogP contribution in [0.1, 0.15) is 11.7 Å². The minimum atomic E-state index is -1.17. The largest absolute Gasteiger partial charge is 0.480 e. The summed E-state index contributed by atoms with van der Waals surface area (Å²) in [5.41, 5.74) is 6.37. The van der Waals surface area contributed by atoms with Gasteiger partial charge in [0.15, 0.2) is 5.15 Å². The fourth-order valence-corrected chi connectivity index (χ4v) is 1.68. The fourth-order valence-electron chi connectivity index (χ4n) is 1.38. The first-order valence-corrected chi connectivity index (χ1v) is 4.60. The molecule has 0 aliphatic carbocycles. The van der Waals surface area contributed by atoms with Gasteiger partial charge in [-0.15, -0.1) is 0 Å². The van der Waals surface area contributed by atoms with Gasteiger partial charge in [0, 0.05) is 6.20 Å². The number of nitrogens with two attached hydrogens (primary N) is 1. The topological polar surface area (TPSA) is 80.6 Å². The number of nitrogens with zero attached hydrogens (tertiary/aromatic N) is 2. The van der Waals surface area contributed by atoms with Crippen LogP contribution in [-0.4, -0.2) is 20.5 Å². The van der Waals surface area contributed by atoms with Crippen molar-refractivity contribution in [1.82, 2.24) is 9.38 Å². The minimum absolute atomic E-state index is 0.121. The average molecular weight is 226 g/mol. The van der Waals surface area contributed by atoms with Crippen LogP contribution in [-0.2, 0) is 4.79 Å². The molecule has 0 amide bonds. The summed E-state index contributed by atoms with van der Waals surface area (Å²) in [4.78, 5) is 14.8. The standard InChI is InChI=1S/C9H8ClN3O2/c10-8-7(6(11)9(14)15)13-4-2-1-3-5(13)12-8/h1-4,6H,11H2,(H,14,15). The van der Waals surface area contributed by atoms with Crippen LogP contribution in [0.15, 0.2) is 24.4 Å². The first-order valence-electron chi connectivity index (χ1n) is 4.22. The summed E-state index contributed by atoms with van der Waals surface area (Å²) in [6.45, 7) is 0. The zero-order chi connectivity index (χ0) is 11.0. The highest BCUT2D eigenvalue weighted by Crippen LogP contribution is 2.22. The van der Waals surface area contributed by atoms with Crippen molar-refractivity contribution >= 4 is 23.2 Å². The normalized spacial score (nSPS) is 12.9. The monoisotopic (exact) mass is 225 g/mol. The van der Waals surface area contributed by atoms with Crippen molar-refractivity contribution in [2.75, 3.05) is 0 Å². The number of carboxylic acid groups (broad SMARTS) is 1. The molecule has 0 aromatic carbocycles. The van der Waals surface area contributed by atoms with Gasteiger partial charge in [0.1, 0.15) is 11.7 Å². The second-order valence-corrected chi connectivity index (χ2v) is 3.39. The number of aliphatic carboxylic acids is 1. The van der Waals surface area contributed by atoms with Crippen LogP contribution in [0.4, 0.5) is 0 Å². The van der Waals surface area contributed by atoms with E-state index in [1.54, 1.807) is 28.8 Å². The van der Waals surface area contributed by atoms with Crippen LogP contribution >= 0.6 is 11.6 Å². The average Bonchev–Trinajstić information content (AvgIpc) is 2.52. The number of hydrogen-bond acceptors (Lipinski definition) is 3. The Morgan fingerprint density at radius 1 is 1.60 bits per heavy atom. The number of halogens is 1. The summed E-state index contributed by atoms with van der Waals surface area (Å²) < 4.78 is 1.57. The SMILES string of the molecule is NC(C(=O)O)c1c(Cl)nc2ccccn12. The molecule has 0 bridgehead atoms. The van der Waals surface area contributed by atoms with Crippen LogP contribution in [0, 0.1) is 0 Å². The third-order valence-corrected chi connectivity index (χ3v) is 2.36. The summed E-state index contributed by atoms with van der Waals surface area (Å²) in [5.74, 6) is -1.14. The Morgan fingerprint density at radius 2 is 2.33 bits per heavy atom. The Labute approximate surface area is 90.1 Å². The zero-order valence-corrected chi connectivity index (χ0v) is 8.35. The van der Waals surface area contributed by atoms with Crippen LogP contribution < -0.4 is 5.73 Å². The van der Waals surface area contributed by atoms with E-state index in [4.69, 9.17) is 22.4 Å². The van der Waals surface area contributed by atoms with Crippen LogP contribution in [0.25, 0.3) is 5.65 Å². The molecule has 0 spiro atoms. The molecule has 0 fully saturated rings. The fraction of sp³-hybridized carbons (Fsp3) is 0.111. The Bertz CT molecular complexity index is 523. The minimum Gasteiger partial charge on any atom is -0.480 e. The van der Waals surface area contributed by atoms with Gasteiger partial charge in [-0.05, 0) is 12.1 Å². The summed E-state index contributed by atoms with van der Waals surface area (Å²) in [6, 6.07) is 4.09. The summed E-state index contributed by atoms with van der Waals surface area (Å²) in [6.07, 6.45) is 1.67. The molecule has 5 nitrogen and oxygen atoms in total. The maximum Gasteiger partial charge on any atom is 0.326 e. The van der Waals surface area contributed by atoms with Crippen molar-refractivity contribution in [3.8, 4) is 0 Å². The van der Waals surface area contributed by atoms with Gasteiger partial charge >= 0.3 is 5.97 Å². The second kappa shape index (κ2) is 3.52. The van der Waals surface area contributed by atoms with Crippen LogP contribution in [0.3, 0.4) is 0 Å². The molecule has 78 valence electrons. The van der Waals surface area contributed by atoms with Crippen molar-refractivity contribution in [2.45, 2.75) is 6.04 Å². The lowest BCUT2D eigenvalue weighted by molar-refractivity contribution is -0.138. The predicted octanol–water partition coefficient (Wildman–Crippen LogP) is 1.07. The molecule has 1 unspecified atom stereocenters. The number of rotatable bonds is 2. The molecule has 2 aromatic rings. The number of pyridine rings is 1. The molecule has 2 rings (SSSR count). The molecule has 3 N–H and O–H groups in total. The predicted molar refractivity (Wildman–Crippen MR) is 54.8 cm³/mol. The van der Waals surface area contributed by atoms with Gasteiger partial charge in [0.05, 0.1) is 5.69 Å². The number of aromatic nitrogens is 2. The third kappa shape index (κ3) is 1.55. The van der Waals surface area contributed by atoms with Crippen molar-refractivity contribution in [3.63, 3.8) is 0 Å². The molecule has 2 aromatic heterocycles. The number of hydrogen-bond donors (Lipinski definition) is 2. The van der Waals surface area contributed by atoms with Crippen LogP contribution in [0.2, 0.25) is 5.15 Å². The van der Waals surface area contributed by atoms with E-state index in [-0.39, 0.29) is 5.15 Å². The van der Waals surface area contributed by atoms with Gasteiger partial charge in [-0.1, -0.05) is 17.7 Å². The molecular weight excluding hydrogens is 218 g/mol. The van der Waals surface area contributed by atoms with E-state index >= 15 is 0 Å². The second-order valence-electron chi connectivity index (χ2n) is 3.03. The van der Waals surface area contributed by atoms with Gasteiger partial charge < -0.3 is 15.2 Å². The molecule has 1 atom stereocenters. The number of carboxylic acids is 1. The molecule has 6 heteroatoms. The lowest BCUT2D eigenvalue weighted by Crippen LogP contribution is -2.22. The highest BCUT2D eigenvalue weighted by atomic mass is 35.5. The van der Waals surface area contributed by atoms with E-state index in [0.29, 0.717) is 11.3 Å². The lowest BCUT2D eigenvalue weighted by atomic mass is 10.2. The van der Waals surface area contributed by atoms with Crippen molar-refractivity contribution < 1.29 is 9.90 Å². The summed E-state index contributed by atoms with van der Waals surface area (Å²) >= 11 is 5.83. The Morgan fingerprint density at radius 3 is 3.00 bits per heavy atom. The first kappa shape index (κ1) is 9.95. The van der Waals surface area contributed by atoms with Crippen molar-refractivity contribution in [1.29, 1.82) is 0 Å². The molecule has 15 heavy (non-hydrogen) atoms. The van der Waals surface area contributed by atoms with Gasteiger partial charge in [-0.3, -0.25) is 4.79 Å². The third-order valence-electron chi connectivity index (χ3n) is 2.08. The van der Waals surface area contributed by atoms with E-state index in [1.165, 1.54) is 0 Å². The Kier molecular flexibility index (Phi) is 2.34. The maximum atomic E-state index is 10.8. The number of fused-ring (bicyclic) bond motifs is 1. The quantitative estimate of drug-likeness (QED) is 0.801. The van der Waals surface area contributed by atoms with E-state index in [0.717, 1.165) is 0 Å². The lowest BCUT2D eigenvalue weighted by Gasteiger charge is -2.06. The van der Waals surface area contributed by atoms with E-state index in [9.17, 15) is 4.79 Å². The number of carbonyl (C=O) groups is 1. The molecule has 0 radical (unpaired) electrons. The Hall–Kier alpha value is -1.59. The first-order chi connectivity index (χ1) is 7.11. The van der Waals surface area contributed by atoms with Gasteiger partial charge in [-0.25, -0.2) is 4.98 Å². The maximum absolute atomic E-state index is 10.8. The van der Waals surface area contributed by atoms with Gasteiger partial charge in [0.25, 0.3) is 0 Å². The van der Waals surface area contributed by atoms with E-state index in [2.05, 4.69) is 4.98 Å². The Balaban J connectivity index is 2.68. The van der Waals surface area contributed by atoms with Crippen molar-refractivity contribution in [2.24, 2.45) is 5.73 Å². The van der Waals surface area contributed by atoms with Gasteiger partial charge in [-0.2, -0.15) is 0 Å². The zero-order valence-electron chi connectivity index (χ0n) is 7.59. The van der Waals surface area contributed by atoms with Gasteiger partial charge in [0.2, 0.25) is 0 Å². The highest BCUT2D eigenvalue weighted by Gasteiger charge is 2.22. The molecule has 0 aliphatic heterocycles. The smallest absolute Gasteiger partial charge is 0.326 e. The number of imidazole rings is 1. The summed E-state index contributed by atoms with van der Waals surface area (Å²) in [7, 11) is 0. The van der Waals surface area contributed by atoms with Crippen molar-refractivity contribution in [3.05, 3.63) is 35.2 Å². The van der Waals surface area contributed by atoms with E-state index < -0.39 is 12.0 Å². The summed E-state index contributed by atoms with van der Waals surface area (Å²) in [5, 5.41) is 8.93. The van der Waals surface area contributed by atoms with E-state index in [1.807, 2.05) is 0 Å². The molecule has 2 heterocycles. The molecule has 0 saturated heterocycles. The van der Waals surface area contributed by atoms with Crippen LogP contribution in [0.5, 0.6) is 0 Å². The molecule has 0 saturated carbocycles.